The molecule has 0 aliphatic carbocycles. The molecule has 0 radical (unpaired) electrons. The molecule has 82 valence electrons. The maximum Gasteiger partial charge on any atom is 0.134 e. The summed E-state index contributed by atoms with van der Waals surface area (Å²) in [6.45, 7) is 0.672. The van der Waals surface area contributed by atoms with E-state index in [1.807, 2.05) is 0 Å². The minimum atomic E-state index is -0.0688. The van der Waals surface area contributed by atoms with Gasteiger partial charge in [0.15, 0.2) is 0 Å². The van der Waals surface area contributed by atoms with Crippen molar-refractivity contribution in [1.82, 2.24) is 0 Å². The fourth-order valence-electron chi connectivity index (χ4n) is 1.27. The predicted molar refractivity (Wildman–Crippen MR) is 55.8 cm³/mol. The lowest BCUT2D eigenvalue weighted by Crippen LogP contribution is -2.24. The number of unbranched alkanes of at least 4 members (excludes halogenated alkanes) is 1. The lowest BCUT2D eigenvalue weighted by Gasteiger charge is -2.09. The van der Waals surface area contributed by atoms with Crippen LogP contribution < -0.4 is 11.5 Å². The van der Waals surface area contributed by atoms with Gasteiger partial charge in [-0.3, -0.25) is 4.79 Å². The lowest BCUT2D eigenvalue weighted by atomic mass is 10.0. The number of Topliss-reactive ketones (excluding diaryl/α,β-unsaturated/α-hetero) is 1. The van der Waals surface area contributed by atoms with E-state index < -0.39 is 0 Å². The third kappa shape index (κ3) is 7.89. The third-order valence-corrected chi connectivity index (χ3v) is 2.06. The second kappa shape index (κ2) is 8.84. The molecule has 0 aromatic heterocycles. The first-order chi connectivity index (χ1) is 6.70. The smallest absolute Gasteiger partial charge is 0.134 e. The minimum absolute atomic E-state index is 0.0688. The van der Waals surface area contributed by atoms with E-state index in [9.17, 15) is 9.59 Å². The molecule has 4 N–H and O–H groups in total. The molecular weight excluding hydrogens is 180 g/mol. The Labute approximate surface area is 85.0 Å². The van der Waals surface area contributed by atoms with Crippen LogP contribution in [-0.4, -0.2) is 24.7 Å². The van der Waals surface area contributed by atoms with Crippen LogP contribution in [0.1, 0.15) is 38.5 Å². The van der Waals surface area contributed by atoms with E-state index in [2.05, 4.69) is 0 Å². The highest BCUT2D eigenvalue weighted by atomic mass is 16.1. The van der Waals surface area contributed by atoms with Crippen molar-refractivity contribution in [2.75, 3.05) is 6.54 Å². The van der Waals surface area contributed by atoms with E-state index in [-0.39, 0.29) is 11.8 Å². The highest BCUT2D eigenvalue weighted by Crippen LogP contribution is 2.04. The molecule has 0 saturated carbocycles. The van der Waals surface area contributed by atoms with Gasteiger partial charge in [0, 0.05) is 25.3 Å². The molecule has 0 aromatic rings. The second-order valence-electron chi connectivity index (χ2n) is 3.49. The minimum Gasteiger partial charge on any atom is -0.330 e. The zero-order chi connectivity index (χ0) is 10.8. The van der Waals surface area contributed by atoms with E-state index >= 15 is 0 Å². The molecule has 0 spiro atoms. The SMILES string of the molecule is NCCCCC(N)CC(=O)CCC=O. The second-order valence-corrected chi connectivity index (χ2v) is 3.49. The molecule has 0 amide bonds. The number of carbonyl (C=O) groups is 2. The van der Waals surface area contributed by atoms with Crippen molar-refractivity contribution in [3.05, 3.63) is 0 Å². The summed E-state index contributed by atoms with van der Waals surface area (Å²) in [5.74, 6) is 0.0809. The molecule has 1 atom stereocenters. The van der Waals surface area contributed by atoms with Crippen LogP contribution in [0.2, 0.25) is 0 Å². The summed E-state index contributed by atoms with van der Waals surface area (Å²) >= 11 is 0. The number of hydrogen-bond acceptors (Lipinski definition) is 4. The molecule has 0 aliphatic rings. The molecule has 14 heavy (non-hydrogen) atoms. The summed E-state index contributed by atoms with van der Waals surface area (Å²) in [6.07, 6.45) is 4.55. The molecule has 0 aliphatic heterocycles. The first-order valence-corrected chi connectivity index (χ1v) is 5.11. The van der Waals surface area contributed by atoms with Crippen molar-refractivity contribution in [2.45, 2.75) is 44.6 Å². The van der Waals surface area contributed by atoms with Crippen LogP contribution in [0.5, 0.6) is 0 Å². The summed E-state index contributed by atoms with van der Waals surface area (Å²) < 4.78 is 0. The number of hydrogen-bond donors (Lipinski definition) is 2. The van der Waals surface area contributed by atoms with Gasteiger partial charge in [-0.2, -0.15) is 0 Å². The van der Waals surface area contributed by atoms with Crippen LogP contribution in [0.4, 0.5) is 0 Å². The van der Waals surface area contributed by atoms with Crippen LogP contribution in [0.15, 0.2) is 0 Å². The number of rotatable bonds is 9. The quantitative estimate of drug-likeness (QED) is 0.416. The van der Waals surface area contributed by atoms with Gasteiger partial charge in [0.05, 0.1) is 0 Å². The normalized spacial score (nSPS) is 12.4. The van der Waals surface area contributed by atoms with Crippen LogP contribution in [0.3, 0.4) is 0 Å². The summed E-state index contributed by atoms with van der Waals surface area (Å²) in [6, 6.07) is -0.0688. The Morgan fingerprint density at radius 1 is 1.36 bits per heavy atom. The highest BCUT2D eigenvalue weighted by molar-refractivity contribution is 5.80. The summed E-state index contributed by atoms with van der Waals surface area (Å²) in [4.78, 5) is 21.2. The standard InChI is InChI=1S/C10H20N2O2/c11-6-2-1-4-9(12)8-10(14)5-3-7-13/h7,9H,1-6,8,11-12H2. The number of carbonyl (C=O) groups excluding carboxylic acids is 2. The van der Waals surface area contributed by atoms with Gasteiger partial charge in [0.2, 0.25) is 0 Å². The topological polar surface area (TPSA) is 86.2 Å². The maximum absolute atomic E-state index is 11.2. The molecule has 0 fully saturated rings. The van der Waals surface area contributed by atoms with Gasteiger partial charge in [-0.05, 0) is 19.4 Å². The Morgan fingerprint density at radius 3 is 2.64 bits per heavy atom. The Morgan fingerprint density at radius 2 is 2.07 bits per heavy atom. The lowest BCUT2D eigenvalue weighted by molar-refractivity contribution is -0.121. The van der Waals surface area contributed by atoms with E-state index in [1.165, 1.54) is 0 Å². The predicted octanol–water partition coefficient (Wildman–Crippen LogP) is 0.381. The number of aldehydes is 1. The van der Waals surface area contributed by atoms with Crippen molar-refractivity contribution >= 4 is 12.1 Å². The zero-order valence-electron chi connectivity index (χ0n) is 8.58. The van der Waals surface area contributed by atoms with Gasteiger partial charge >= 0.3 is 0 Å². The average Bonchev–Trinajstić information content (AvgIpc) is 2.15. The number of ketones is 1. The van der Waals surface area contributed by atoms with Gasteiger partial charge in [0.25, 0.3) is 0 Å². The Kier molecular flexibility index (Phi) is 8.37. The largest absolute Gasteiger partial charge is 0.330 e. The fraction of sp³-hybridized carbons (Fsp3) is 0.800. The van der Waals surface area contributed by atoms with Gasteiger partial charge in [-0.25, -0.2) is 0 Å². The molecule has 4 heteroatoms. The van der Waals surface area contributed by atoms with Gasteiger partial charge in [-0.15, -0.1) is 0 Å². The van der Waals surface area contributed by atoms with Crippen LogP contribution in [0.25, 0.3) is 0 Å². The molecular formula is C10H20N2O2. The van der Waals surface area contributed by atoms with Crippen molar-refractivity contribution in [1.29, 1.82) is 0 Å². The molecule has 0 heterocycles. The first-order valence-electron chi connectivity index (χ1n) is 5.11. The van der Waals surface area contributed by atoms with E-state index in [1.54, 1.807) is 0 Å². The van der Waals surface area contributed by atoms with Crippen LogP contribution in [0, 0.1) is 0 Å². The highest BCUT2D eigenvalue weighted by Gasteiger charge is 2.08. The maximum atomic E-state index is 11.2. The first kappa shape index (κ1) is 13.3. The molecule has 0 aromatic carbocycles. The van der Waals surface area contributed by atoms with E-state index in [0.29, 0.717) is 25.8 Å². The summed E-state index contributed by atoms with van der Waals surface area (Å²) in [5.41, 5.74) is 11.1. The number of nitrogens with two attached hydrogens (primary N) is 2. The van der Waals surface area contributed by atoms with Gasteiger partial charge in [0.1, 0.15) is 12.1 Å². The van der Waals surface area contributed by atoms with Crippen LogP contribution >= 0.6 is 0 Å². The Bertz CT molecular complexity index is 172. The monoisotopic (exact) mass is 200 g/mol. The van der Waals surface area contributed by atoms with Crippen molar-refractivity contribution in [3.63, 3.8) is 0 Å². The molecule has 4 nitrogen and oxygen atoms in total. The molecule has 0 rings (SSSR count). The molecule has 0 bridgehead atoms. The fourth-order valence-corrected chi connectivity index (χ4v) is 1.27. The summed E-state index contributed by atoms with van der Waals surface area (Å²) in [5, 5.41) is 0. The van der Waals surface area contributed by atoms with Crippen molar-refractivity contribution in [3.8, 4) is 0 Å². The van der Waals surface area contributed by atoms with Crippen molar-refractivity contribution in [2.24, 2.45) is 11.5 Å². The van der Waals surface area contributed by atoms with E-state index in [4.69, 9.17) is 11.5 Å². The molecule has 0 saturated heterocycles. The van der Waals surface area contributed by atoms with Crippen LogP contribution in [-0.2, 0) is 9.59 Å². The molecule has 1 unspecified atom stereocenters. The zero-order valence-corrected chi connectivity index (χ0v) is 8.58. The van der Waals surface area contributed by atoms with Gasteiger partial charge < -0.3 is 16.3 Å². The third-order valence-electron chi connectivity index (χ3n) is 2.06. The van der Waals surface area contributed by atoms with Crippen molar-refractivity contribution < 1.29 is 9.59 Å². The average molecular weight is 200 g/mol. The van der Waals surface area contributed by atoms with Gasteiger partial charge in [-0.1, -0.05) is 6.42 Å². The van der Waals surface area contributed by atoms with E-state index in [0.717, 1.165) is 25.5 Å². The summed E-state index contributed by atoms with van der Waals surface area (Å²) in [7, 11) is 0. The Hall–Kier alpha value is -0.740. The Balaban J connectivity index is 3.44.